The number of ether oxygens (including phenoxy) is 2. The Bertz CT molecular complexity index is 1220. The fourth-order valence-electron chi connectivity index (χ4n) is 12.5. The Labute approximate surface area is 270 Å². The number of carboxylic acid groups (broad SMARTS) is 1. The van der Waals surface area contributed by atoms with Crippen LogP contribution in [0.1, 0.15) is 120 Å². The molecule has 6 aliphatic rings. The number of allylic oxidation sites excluding steroid dienone is 2. The van der Waals surface area contributed by atoms with Gasteiger partial charge in [-0.05, 0) is 109 Å². The molecule has 5 aliphatic carbocycles. The van der Waals surface area contributed by atoms with Gasteiger partial charge in [-0.1, -0.05) is 67.0 Å². The summed E-state index contributed by atoms with van der Waals surface area (Å²) < 4.78 is 12.1. The van der Waals surface area contributed by atoms with Gasteiger partial charge in [-0.3, -0.25) is 0 Å². The maximum atomic E-state index is 11.8. The molecule has 5 fully saturated rings. The average molecular weight is 633 g/mol. The summed E-state index contributed by atoms with van der Waals surface area (Å²) in [6.45, 7) is 19.1. The molecule has 1 saturated heterocycles. The molecule has 15 atom stereocenters. The van der Waals surface area contributed by atoms with E-state index in [-0.39, 0.29) is 44.7 Å². The number of rotatable bonds is 4. The molecule has 0 bridgehead atoms. The van der Waals surface area contributed by atoms with Crippen molar-refractivity contribution in [1.82, 2.24) is 0 Å². The maximum Gasteiger partial charge on any atom is 0.335 e. The number of aliphatic carboxylic acids is 1. The number of aliphatic hydroxyl groups excluding tert-OH is 4. The van der Waals surface area contributed by atoms with E-state index in [1.807, 2.05) is 0 Å². The third-order valence-electron chi connectivity index (χ3n) is 15.7. The van der Waals surface area contributed by atoms with Crippen LogP contribution in [-0.2, 0) is 14.3 Å². The highest BCUT2D eigenvalue weighted by atomic mass is 16.7. The second-order valence-electron chi connectivity index (χ2n) is 18.2. The lowest BCUT2D eigenvalue weighted by molar-refractivity contribution is -0.325. The van der Waals surface area contributed by atoms with E-state index < -0.39 is 36.7 Å². The van der Waals surface area contributed by atoms with Gasteiger partial charge in [0.15, 0.2) is 12.4 Å². The Morgan fingerprint density at radius 1 is 0.867 bits per heavy atom. The summed E-state index contributed by atoms with van der Waals surface area (Å²) >= 11 is 0. The number of carbonyl (C=O) groups is 1. The molecule has 0 unspecified atom stereocenters. The van der Waals surface area contributed by atoms with Gasteiger partial charge in [0.05, 0.1) is 12.2 Å². The predicted molar refractivity (Wildman–Crippen MR) is 170 cm³/mol. The standard InChI is InChI=1S/C37H60O8/c1-9-33(4)22-12-15-37(8)23(11-10-20-21-18-32(2,3)19-24(38)34(21,5)16-17-36(20,37)7)35(22,6)14-13-25(33)44-31-28(41)26(39)27(40)29(45-31)30(42)43/h10,21-29,31,38-41H,9,11-19H2,1-8H3,(H,42,43)/t21-,22+,23-,24-,25+,26+,27+,28-,29+,31-,33-,34-,35+,36-,37-/m1/s1. The number of fused-ring (bicyclic) bond motifs is 7. The minimum atomic E-state index is -1.73. The van der Waals surface area contributed by atoms with Crippen LogP contribution in [0.15, 0.2) is 11.6 Å². The summed E-state index contributed by atoms with van der Waals surface area (Å²) in [6.07, 6.45) is 4.15. The lowest BCUT2D eigenvalue weighted by Crippen LogP contribution is -2.66. The van der Waals surface area contributed by atoms with E-state index in [4.69, 9.17) is 9.47 Å². The van der Waals surface area contributed by atoms with Gasteiger partial charge in [0.1, 0.15) is 18.3 Å². The van der Waals surface area contributed by atoms with Crippen molar-refractivity contribution in [3.63, 3.8) is 0 Å². The molecule has 45 heavy (non-hydrogen) atoms. The highest BCUT2D eigenvalue weighted by Gasteiger charge is 2.69. The van der Waals surface area contributed by atoms with E-state index in [0.717, 1.165) is 64.2 Å². The van der Waals surface area contributed by atoms with Crippen molar-refractivity contribution in [2.75, 3.05) is 0 Å². The van der Waals surface area contributed by atoms with Crippen molar-refractivity contribution in [3.05, 3.63) is 11.6 Å². The molecule has 5 N–H and O–H groups in total. The summed E-state index contributed by atoms with van der Waals surface area (Å²) in [5.41, 5.74) is 1.73. The Morgan fingerprint density at radius 3 is 2.20 bits per heavy atom. The normalized spacial score (nSPS) is 55.8. The molecule has 0 spiro atoms. The minimum Gasteiger partial charge on any atom is -0.479 e. The molecule has 0 aromatic heterocycles. The largest absolute Gasteiger partial charge is 0.479 e. The average Bonchev–Trinajstić information content (AvgIpc) is 2.96. The molecule has 6 rings (SSSR count). The molecule has 256 valence electrons. The summed E-state index contributed by atoms with van der Waals surface area (Å²) in [5.74, 6) is -0.120. The highest BCUT2D eigenvalue weighted by Crippen LogP contribution is 2.76. The number of carboxylic acids is 1. The molecule has 0 amide bonds. The maximum absolute atomic E-state index is 11.8. The van der Waals surface area contributed by atoms with Gasteiger partial charge in [-0.2, -0.15) is 0 Å². The van der Waals surface area contributed by atoms with Crippen LogP contribution >= 0.6 is 0 Å². The predicted octanol–water partition coefficient (Wildman–Crippen LogP) is 5.45. The molecule has 0 radical (unpaired) electrons. The molecule has 1 aliphatic heterocycles. The SMILES string of the molecule is CC[C@]1(C)[C@@H]2CC[C@]3(C)[C@H](CC=C4[C@H]5CC(C)(C)C[C@@H](O)[C@]5(C)CC[C@]43C)[C@@]2(C)CC[C@@H]1O[C@@H]1O[C@H](C(=O)O)[C@@H](O)[C@H](O)[C@H]1O. The molecule has 4 saturated carbocycles. The van der Waals surface area contributed by atoms with Crippen LogP contribution in [0.3, 0.4) is 0 Å². The molecule has 8 heteroatoms. The molecule has 1 heterocycles. The first-order valence-electron chi connectivity index (χ1n) is 17.8. The Hall–Kier alpha value is -1.03. The van der Waals surface area contributed by atoms with Gasteiger partial charge < -0.3 is 35.0 Å². The van der Waals surface area contributed by atoms with Gasteiger partial charge in [0, 0.05) is 5.41 Å². The number of aliphatic hydroxyl groups is 4. The van der Waals surface area contributed by atoms with E-state index in [1.165, 1.54) is 0 Å². The molecule has 8 nitrogen and oxygen atoms in total. The van der Waals surface area contributed by atoms with E-state index in [1.54, 1.807) is 5.57 Å². The Balaban J connectivity index is 1.30. The first-order chi connectivity index (χ1) is 20.8. The third-order valence-corrected chi connectivity index (χ3v) is 15.7. The number of hydrogen-bond acceptors (Lipinski definition) is 7. The molecule has 0 aromatic rings. The van der Waals surface area contributed by atoms with E-state index in [0.29, 0.717) is 17.8 Å². The Morgan fingerprint density at radius 2 is 1.56 bits per heavy atom. The lowest BCUT2D eigenvalue weighted by atomic mass is 9.33. The zero-order valence-electron chi connectivity index (χ0n) is 28.9. The summed E-state index contributed by atoms with van der Waals surface area (Å²) in [5, 5.41) is 52.5. The summed E-state index contributed by atoms with van der Waals surface area (Å²) in [7, 11) is 0. The van der Waals surface area contributed by atoms with Crippen molar-refractivity contribution >= 4 is 5.97 Å². The lowest BCUT2D eigenvalue weighted by Gasteiger charge is -2.72. The van der Waals surface area contributed by atoms with Crippen LogP contribution < -0.4 is 0 Å². The van der Waals surface area contributed by atoms with Gasteiger partial charge in [0.25, 0.3) is 0 Å². The fraction of sp³-hybridized carbons (Fsp3) is 0.919. The van der Waals surface area contributed by atoms with Crippen LogP contribution in [-0.4, -0.2) is 74.4 Å². The monoisotopic (exact) mass is 632 g/mol. The molecular weight excluding hydrogens is 572 g/mol. The smallest absolute Gasteiger partial charge is 0.335 e. The van der Waals surface area contributed by atoms with Crippen LogP contribution in [0.5, 0.6) is 0 Å². The van der Waals surface area contributed by atoms with E-state index >= 15 is 0 Å². The van der Waals surface area contributed by atoms with Crippen LogP contribution in [0.2, 0.25) is 0 Å². The topological polar surface area (TPSA) is 137 Å². The summed E-state index contributed by atoms with van der Waals surface area (Å²) in [4.78, 5) is 11.8. The van der Waals surface area contributed by atoms with Crippen molar-refractivity contribution in [2.24, 2.45) is 50.2 Å². The summed E-state index contributed by atoms with van der Waals surface area (Å²) in [6, 6.07) is 0. The van der Waals surface area contributed by atoms with Crippen LogP contribution in [0.4, 0.5) is 0 Å². The van der Waals surface area contributed by atoms with Gasteiger partial charge in [-0.15, -0.1) is 0 Å². The second-order valence-corrected chi connectivity index (χ2v) is 18.2. The minimum absolute atomic E-state index is 0.0592. The number of hydrogen-bond donors (Lipinski definition) is 5. The fourth-order valence-corrected chi connectivity index (χ4v) is 12.5. The molecule has 0 aromatic carbocycles. The van der Waals surface area contributed by atoms with Crippen molar-refractivity contribution < 1.29 is 39.8 Å². The quantitative estimate of drug-likeness (QED) is 0.204. The van der Waals surface area contributed by atoms with Gasteiger partial charge >= 0.3 is 5.97 Å². The van der Waals surface area contributed by atoms with E-state index in [2.05, 4.69) is 61.5 Å². The van der Waals surface area contributed by atoms with E-state index in [9.17, 15) is 30.3 Å². The van der Waals surface area contributed by atoms with Crippen LogP contribution in [0, 0.1) is 50.2 Å². The van der Waals surface area contributed by atoms with Gasteiger partial charge in [-0.25, -0.2) is 4.79 Å². The van der Waals surface area contributed by atoms with Gasteiger partial charge in [0.2, 0.25) is 0 Å². The second kappa shape index (κ2) is 10.7. The zero-order valence-corrected chi connectivity index (χ0v) is 28.9. The first kappa shape index (κ1) is 33.9. The third kappa shape index (κ3) is 4.62. The van der Waals surface area contributed by atoms with Crippen LogP contribution in [0.25, 0.3) is 0 Å². The highest BCUT2D eigenvalue weighted by molar-refractivity contribution is 5.73. The van der Waals surface area contributed by atoms with Crippen molar-refractivity contribution in [2.45, 2.75) is 163 Å². The zero-order chi connectivity index (χ0) is 33.1. The molecular formula is C37H60O8. The Kier molecular flexibility index (Phi) is 8.08. The first-order valence-corrected chi connectivity index (χ1v) is 17.8. The van der Waals surface area contributed by atoms with Crippen molar-refractivity contribution in [1.29, 1.82) is 0 Å². The van der Waals surface area contributed by atoms with Crippen molar-refractivity contribution in [3.8, 4) is 0 Å².